The molecular formula is C15H19N3O2. The fourth-order valence-electron chi connectivity index (χ4n) is 2.44. The van der Waals surface area contributed by atoms with Crippen molar-refractivity contribution in [2.75, 3.05) is 6.79 Å². The molecule has 2 N–H and O–H groups in total. The Bertz CT molecular complexity index is 607. The number of hydrogen-bond acceptors (Lipinski definition) is 4. The molecule has 5 nitrogen and oxygen atoms in total. The van der Waals surface area contributed by atoms with Gasteiger partial charge in [0.1, 0.15) is 5.82 Å². The van der Waals surface area contributed by atoms with Crippen molar-refractivity contribution in [2.24, 2.45) is 5.73 Å². The minimum atomic E-state index is -0.101. The molecule has 3 rings (SSSR count). The second-order valence-electron chi connectivity index (χ2n) is 5.31. The smallest absolute Gasteiger partial charge is 0.231 e. The molecule has 1 unspecified atom stereocenters. The Balaban J connectivity index is 1.79. The third-order valence-electron chi connectivity index (χ3n) is 3.48. The average molecular weight is 273 g/mol. The lowest BCUT2D eigenvalue weighted by atomic mass is 10.1. The Morgan fingerprint density at radius 3 is 2.90 bits per heavy atom. The van der Waals surface area contributed by atoms with Crippen molar-refractivity contribution in [2.45, 2.75) is 32.4 Å². The number of fused-ring (bicyclic) bond motifs is 1. The molecule has 0 bridgehead atoms. The van der Waals surface area contributed by atoms with Gasteiger partial charge in [-0.05, 0) is 17.7 Å². The fraction of sp³-hybridized carbons (Fsp3) is 0.400. The Labute approximate surface area is 118 Å². The zero-order chi connectivity index (χ0) is 14.1. The summed E-state index contributed by atoms with van der Waals surface area (Å²) in [5.74, 6) is 2.99. The molecule has 1 aliphatic heterocycles. The van der Waals surface area contributed by atoms with E-state index in [1.165, 1.54) is 0 Å². The molecule has 106 valence electrons. The van der Waals surface area contributed by atoms with Gasteiger partial charge in [0.2, 0.25) is 6.79 Å². The Hall–Kier alpha value is -2.01. The van der Waals surface area contributed by atoms with E-state index < -0.39 is 0 Å². The monoisotopic (exact) mass is 273 g/mol. The van der Waals surface area contributed by atoms with Crippen LogP contribution in [-0.4, -0.2) is 16.3 Å². The fourth-order valence-corrected chi connectivity index (χ4v) is 2.44. The van der Waals surface area contributed by atoms with Crippen molar-refractivity contribution >= 4 is 0 Å². The molecule has 0 saturated carbocycles. The number of nitrogens with zero attached hydrogens (tertiary/aromatic N) is 2. The predicted octanol–water partition coefficient (Wildman–Crippen LogP) is 2.44. The van der Waals surface area contributed by atoms with Crippen LogP contribution in [-0.2, 0) is 6.54 Å². The summed E-state index contributed by atoms with van der Waals surface area (Å²) >= 11 is 0. The van der Waals surface area contributed by atoms with Crippen LogP contribution < -0.4 is 15.2 Å². The van der Waals surface area contributed by atoms with Crippen LogP contribution >= 0.6 is 0 Å². The summed E-state index contributed by atoms with van der Waals surface area (Å²) in [6, 6.07) is 5.76. The predicted molar refractivity (Wildman–Crippen MR) is 75.8 cm³/mol. The van der Waals surface area contributed by atoms with Crippen molar-refractivity contribution in [1.82, 2.24) is 9.55 Å². The Morgan fingerprint density at radius 1 is 1.30 bits per heavy atom. The summed E-state index contributed by atoms with van der Waals surface area (Å²) in [5, 5.41) is 0. The molecule has 0 saturated heterocycles. The minimum Gasteiger partial charge on any atom is -0.454 e. The minimum absolute atomic E-state index is 0.101. The highest BCUT2D eigenvalue weighted by atomic mass is 16.7. The number of hydrogen-bond donors (Lipinski definition) is 1. The highest BCUT2D eigenvalue weighted by molar-refractivity contribution is 5.45. The van der Waals surface area contributed by atoms with E-state index in [4.69, 9.17) is 15.2 Å². The molecule has 1 aromatic heterocycles. The van der Waals surface area contributed by atoms with E-state index >= 15 is 0 Å². The van der Waals surface area contributed by atoms with Gasteiger partial charge in [0.25, 0.3) is 0 Å². The van der Waals surface area contributed by atoms with Crippen molar-refractivity contribution in [3.05, 3.63) is 42.0 Å². The van der Waals surface area contributed by atoms with Crippen molar-refractivity contribution in [3.63, 3.8) is 0 Å². The maximum Gasteiger partial charge on any atom is 0.231 e. The molecule has 0 amide bonds. The molecule has 1 aromatic carbocycles. The van der Waals surface area contributed by atoms with Gasteiger partial charge in [0, 0.05) is 30.9 Å². The molecule has 2 heterocycles. The molecule has 0 spiro atoms. The van der Waals surface area contributed by atoms with E-state index in [2.05, 4.69) is 23.4 Å². The van der Waals surface area contributed by atoms with Gasteiger partial charge in [0.05, 0.1) is 0 Å². The molecule has 1 aliphatic rings. The van der Waals surface area contributed by atoms with E-state index in [0.29, 0.717) is 12.5 Å². The molecule has 20 heavy (non-hydrogen) atoms. The van der Waals surface area contributed by atoms with Crippen molar-refractivity contribution < 1.29 is 9.47 Å². The normalized spacial score (nSPS) is 14.8. The van der Waals surface area contributed by atoms with Crippen molar-refractivity contribution in [3.8, 4) is 11.5 Å². The van der Waals surface area contributed by atoms with Gasteiger partial charge in [-0.2, -0.15) is 0 Å². The summed E-state index contributed by atoms with van der Waals surface area (Å²) in [7, 11) is 0. The zero-order valence-corrected chi connectivity index (χ0v) is 11.7. The standard InChI is InChI=1S/C15H19N3O2/c1-10(2)15-17-5-6-18(15)8-12(16)11-3-4-13-14(7-11)20-9-19-13/h3-7,10,12H,8-9,16H2,1-2H3. The third-order valence-corrected chi connectivity index (χ3v) is 3.48. The maximum absolute atomic E-state index is 6.30. The maximum atomic E-state index is 6.30. The number of aromatic nitrogens is 2. The quantitative estimate of drug-likeness (QED) is 0.929. The van der Waals surface area contributed by atoms with Gasteiger partial charge >= 0.3 is 0 Å². The lowest BCUT2D eigenvalue weighted by Crippen LogP contribution is -2.19. The van der Waals surface area contributed by atoms with E-state index in [0.717, 1.165) is 22.9 Å². The molecule has 0 radical (unpaired) electrons. The van der Waals surface area contributed by atoms with Gasteiger partial charge in [-0.25, -0.2) is 4.98 Å². The summed E-state index contributed by atoms with van der Waals surface area (Å²) < 4.78 is 12.8. The first kappa shape index (κ1) is 13.0. The van der Waals surface area contributed by atoms with E-state index in [1.54, 1.807) is 0 Å². The largest absolute Gasteiger partial charge is 0.454 e. The zero-order valence-electron chi connectivity index (χ0n) is 11.7. The number of nitrogens with two attached hydrogens (primary N) is 1. The Morgan fingerprint density at radius 2 is 2.10 bits per heavy atom. The summed E-state index contributed by atoms with van der Waals surface area (Å²) in [5.41, 5.74) is 7.34. The topological polar surface area (TPSA) is 62.3 Å². The van der Waals surface area contributed by atoms with Crippen molar-refractivity contribution in [1.29, 1.82) is 0 Å². The third kappa shape index (κ3) is 2.36. The number of benzene rings is 1. The molecule has 5 heteroatoms. The molecule has 0 fully saturated rings. The highest BCUT2D eigenvalue weighted by Crippen LogP contribution is 2.34. The molecule has 0 aliphatic carbocycles. The average Bonchev–Trinajstić information content (AvgIpc) is 3.05. The van der Waals surface area contributed by atoms with Gasteiger partial charge in [-0.15, -0.1) is 0 Å². The number of rotatable bonds is 4. The van der Waals surface area contributed by atoms with E-state index in [-0.39, 0.29) is 12.8 Å². The van der Waals surface area contributed by atoms with Crippen LogP contribution in [0.25, 0.3) is 0 Å². The van der Waals surface area contributed by atoms with Crippen LogP contribution in [0.1, 0.15) is 37.2 Å². The van der Waals surface area contributed by atoms with E-state index in [1.807, 2.05) is 30.6 Å². The first-order chi connectivity index (χ1) is 9.65. The van der Waals surface area contributed by atoms with Crippen LogP contribution in [0.2, 0.25) is 0 Å². The van der Waals surface area contributed by atoms with Gasteiger partial charge < -0.3 is 19.8 Å². The number of ether oxygens (including phenoxy) is 2. The van der Waals surface area contributed by atoms with Crippen LogP contribution in [0, 0.1) is 0 Å². The first-order valence-corrected chi connectivity index (χ1v) is 6.81. The Kier molecular flexibility index (Phi) is 3.36. The lowest BCUT2D eigenvalue weighted by molar-refractivity contribution is 0.174. The SMILES string of the molecule is CC(C)c1nccn1CC(N)c1ccc2c(c1)OCO2. The van der Waals surface area contributed by atoms with Crippen LogP contribution in [0.15, 0.2) is 30.6 Å². The van der Waals surface area contributed by atoms with E-state index in [9.17, 15) is 0 Å². The molecule has 1 atom stereocenters. The first-order valence-electron chi connectivity index (χ1n) is 6.81. The van der Waals surface area contributed by atoms with Crippen LogP contribution in [0.5, 0.6) is 11.5 Å². The molecular weight excluding hydrogens is 254 g/mol. The highest BCUT2D eigenvalue weighted by Gasteiger charge is 2.17. The van der Waals surface area contributed by atoms with Crippen LogP contribution in [0.3, 0.4) is 0 Å². The molecule has 2 aromatic rings. The summed E-state index contributed by atoms with van der Waals surface area (Å²) in [4.78, 5) is 4.38. The lowest BCUT2D eigenvalue weighted by Gasteiger charge is -2.16. The second-order valence-corrected chi connectivity index (χ2v) is 5.31. The second kappa shape index (κ2) is 5.17. The van der Waals surface area contributed by atoms with Gasteiger partial charge in [-0.1, -0.05) is 19.9 Å². The van der Waals surface area contributed by atoms with Gasteiger partial charge in [-0.3, -0.25) is 0 Å². The summed E-state index contributed by atoms with van der Waals surface area (Å²) in [6.45, 7) is 5.25. The number of imidazole rings is 1. The van der Waals surface area contributed by atoms with Gasteiger partial charge in [0.15, 0.2) is 11.5 Å². The van der Waals surface area contributed by atoms with Crippen LogP contribution in [0.4, 0.5) is 0 Å². The summed E-state index contributed by atoms with van der Waals surface area (Å²) in [6.07, 6.45) is 3.80.